The molecule has 1 unspecified atom stereocenters. The first-order chi connectivity index (χ1) is 4.57. The van der Waals surface area contributed by atoms with Gasteiger partial charge in [0.2, 0.25) is 0 Å². The Labute approximate surface area is 61.4 Å². The number of nitrogens with two attached hydrogens (primary N) is 1. The van der Waals surface area contributed by atoms with Gasteiger partial charge in [-0.3, -0.25) is 4.90 Å². The predicted octanol–water partition coefficient (Wildman–Crippen LogP) is -0.0476. The second-order valence-corrected chi connectivity index (χ2v) is 2.40. The molecule has 0 aromatic heterocycles. The number of hydrogen-bond acceptors (Lipinski definition) is 2. The van der Waals surface area contributed by atoms with E-state index in [4.69, 9.17) is 5.73 Å². The third-order valence-corrected chi connectivity index (χ3v) is 1.32. The smallest absolute Gasteiger partial charge is 0.313 e. The minimum atomic E-state index is -0.472. The SMILES string of the molecule is CCC(NC(N)=O)N(C)C. The zero-order valence-corrected chi connectivity index (χ0v) is 6.72. The van der Waals surface area contributed by atoms with Crippen LogP contribution in [0.3, 0.4) is 0 Å². The van der Waals surface area contributed by atoms with Gasteiger partial charge in [-0.05, 0) is 20.5 Å². The van der Waals surface area contributed by atoms with E-state index in [1.165, 1.54) is 0 Å². The van der Waals surface area contributed by atoms with E-state index >= 15 is 0 Å². The number of hydrogen-bond donors (Lipinski definition) is 2. The van der Waals surface area contributed by atoms with Crippen LogP contribution in [0, 0.1) is 0 Å². The molecule has 3 N–H and O–H groups in total. The van der Waals surface area contributed by atoms with Crippen LogP contribution >= 0.6 is 0 Å². The fourth-order valence-corrected chi connectivity index (χ4v) is 0.761. The highest BCUT2D eigenvalue weighted by molar-refractivity contribution is 5.71. The van der Waals surface area contributed by atoms with Crippen LogP contribution in [0.25, 0.3) is 0 Å². The van der Waals surface area contributed by atoms with Crippen molar-refractivity contribution in [2.75, 3.05) is 14.1 Å². The summed E-state index contributed by atoms with van der Waals surface area (Å²) >= 11 is 0. The topological polar surface area (TPSA) is 58.4 Å². The monoisotopic (exact) mass is 145 g/mol. The van der Waals surface area contributed by atoms with Crippen LogP contribution in [-0.2, 0) is 0 Å². The summed E-state index contributed by atoms with van der Waals surface area (Å²) in [5, 5.41) is 2.59. The Morgan fingerprint density at radius 1 is 1.70 bits per heavy atom. The molecule has 0 aromatic carbocycles. The number of nitrogens with one attached hydrogen (secondary N) is 1. The quantitative estimate of drug-likeness (QED) is 0.547. The minimum absolute atomic E-state index is 0.0532. The van der Waals surface area contributed by atoms with Crippen LogP contribution in [0.15, 0.2) is 0 Å². The molecule has 0 rings (SSSR count). The predicted molar refractivity (Wildman–Crippen MR) is 40.5 cm³/mol. The van der Waals surface area contributed by atoms with Crippen molar-refractivity contribution in [1.29, 1.82) is 0 Å². The summed E-state index contributed by atoms with van der Waals surface area (Å²) in [4.78, 5) is 12.3. The summed E-state index contributed by atoms with van der Waals surface area (Å²) in [5.41, 5.74) is 4.93. The molecule has 0 aromatic rings. The molecular weight excluding hydrogens is 130 g/mol. The lowest BCUT2D eigenvalue weighted by Crippen LogP contribution is -2.46. The number of amides is 2. The standard InChI is InChI=1S/C6H15N3O/c1-4-5(9(2)3)8-6(7)10/h5H,4H2,1-3H3,(H3,7,8,10). The zero-order valence-electron chi connectivity index (χ0n) is 6.72. The molecule has 0 radical (unpaired) electrons. The van der Waals surface area contributed by atoms with Crippen molar-refractivity contribution in [1.82, 2.24) is 10.2 Å². The van der Waals surface area contributed by atoms with Crippen molar-refractivity contribution in [3.63, 3.8) is 0 Å². The van der Waals surface area contributed by atoms with E-state index in [-0.39, 0.29) is 6.17 Å². The van der Waals surface area contributed by atoms with Gasteiger partial charge >= 0.3 is 6.03 Å². The number of carbonyl (C=O) groups is 1. The van der Waals surface area contributed by atoms with Crippen molar-refractivity contribution < 1.29 is 4.79 Å². The van der Waals surface area contributed by atoms with E-state index < -0.39 is 6.03 Å². The van der Waals surface area contributed by atoms with Gasteiger partial charge in [0, 0.05) is 0 Å². The van der Waals surface area contributed by atoms with Crippen LogP contribution in [0.5, 0.6) is 0 Å². The highest BCUT2D eigenvalue weighted by Crippen LogP contribution is 1.92. The van der Waals surface area contributed by atoms with Gasteiger partial charge < -0.3 is 11.1 Å². The molecule has 0 saturated heterocycles. The first-order valence-corrected chi connectivity index (χ1v) is 3.30. The summed E-state index contributed by atoms with van der Waals surface area (Å²) in [5.74, 6) is 0. The highest BCUT2D eigenvalue weighted by atomic mass is 16.2. The first-order valence-electron chi connectivity index (χ1n) is 3.30. The molecule has 0 bridgehead atoms. The zero-order chi connectivity index (χ0) is 8.15. The molecule has 0 heterocycles. The van der Waals surface area contributed by atoms with Crippen LogP contribution in [-0.4, -0.2) is 31.2 Å². The molecular formula is C6H15N3O. The lowest BCUT2D eigenvalue weighted by atomic mass is 10.3. The van der Waals surface area contributed by atoms with Gasteiger partial charge in [-0.1, -0.05) is 6.92 Å². The van der Waals surface area contributed by atoms with Crippen LogP contribution in [0.4, 0.5) is 4.79 Å². The van der Waals surface area contributed by atoms with E-state index in [1.807, 2.05) is 25.9 Å². The molecule has 0 spiro atoms. The van der Waals surface area contributed by atoms with Gasteiger partial charge in [0.25, 0.3) is 0 Å². The second-order valence-electron chi connectivity index (χ2n) is 2.40. The Morgan fingerprint density at radius 2 is 2.20 bits per heavy atom. The first kappa shape index (κ1) is 9.23. The Kier molecular flexibility index (Phi) is 3.79. The Bertz CT molecular complexity index is 114. The van der Waals surface area contributed by atoms with E-state index in [0.717, 1.165) is 6.42 Å². The summed E-state index contributed by atoms with van der Waals surface area (Å²) < 4.78 is 0. The lowest BCUT2D eigenvalue weighted by molar-refractivity contribution is 0.214. The maximum Gasteiger partial charge on any atom is 0.313 e. The maximum atomic E-state index is 10.4. The average molecular weight is 145 g/mol. The summed E-state index contributed by atoms with van der Waals surface area (Å²) in [6.45, 7) is 1.99. The molecule has 2 amide bonds. The summed E-state index contributed by atoms with van der Waals surface area (Å²) in [7, 11) is 3.79. The van der Waals surface area contributed by atoms with Gasteiger partial charge in [0.15, 0.2) is 0 Å². The molecule has 0 aliphatic carbocycles. The highest BCUT2D eigenvalue weighted by Gasteiger charge is 2.08. The van der Waals surface area contributed by atoms with Crippen molar-refractivity contribution in [2.24, 2.45) is 5.73 Å². The molecule has 0 aliphatic rings. The van der Waals surface area contributed by atoms with E-state index in [9.17, 15) is 4.79 Å². The van der Waals surface area contributed by atoms with E-state index in [2.05, 4.69) is 5.32 Å². The molecule has 10 heavy (non-hydrogen) atoms. The molecule has 1 atom stereocenters. The van der Waals surface area contributed by atoms with Gasteiger partial charge in [0.1, 0.15) is 0 Å². The fraction of sp³-hybridized carbons (Fsp3) is 0.833. The molecule has 60 valence electrons. The fourth-order valence-electron chi connectivity index (χ4n) is 0.761. The van der Waals surface area contributed by atoms with Crippen molar-refractivity contribution in [3.05, 3.63) is 0 Å². The number of nitrogens with zero attached hydrogens (tertiary/aromatic N) is 1. The van der Waals surface area contributed by atoms with Crippen molar-refractivity contribution in [3.8, 4) is 0 Å². The van der Waals surface area contributed by atoms with Crippen LogP contribution in [0.1, 0.15) is 13.3 Å². The molecule has 0 aliphatic heterocycles. The average Bonchev–Trinajstić information content (AvgIpc) is 1.81. The van der Waals surface area contributed by atoms with Crippen molar-refractivity contribution >= 4 is 6.03 Å². The van der Waals surface area contributed by atoms with Gasteiger partial charge in [0.05, 0.1) is 6.17 Å². The van der Waals surface area contributed by atoms with E-state index in [0.29, 0.717) is 0 Å². The molecule has 0 fully saturated rings. The van der Waals surface area contributed by atoms with E-state index in [1.54, 1.807) is 0 Å². The number of urea groups is 1. The van der Waals surface area contributed by atoms with Gasteiger partial charge in [-0.25, -0.2) is 4.79 Å². The normalized spacial score (nSPS) is 13.2. The number of rotatable bonds is 3. The van der Waals surface area contributed by atoms with Crippen molar-refractivity contribution in [2.45, 2.75) is 19.5 Å². The molecule has 4 nitrogen and oxygen atoms in total. The van der Waals surface area contributed by atoms with Crippen LogP contribution < -0.4 is 11.1 Å². The third kappa shape index (κ3) is 3.29. The third-order valence-electron chi connectivity index (χ3n) is 1.32. The summed E-state index contributed by atoms with van der Waals surface area (Å²) in [6.07, 6.45) is 0.910. The van der Waals surface area contributed by atoms with Gasteiger partial charge in [-0.2, -0.15) is 0 Å². The lowest BCUT2D eigenvalue weighted by Gasteiger charge is -2.22. The number of primary amides is 1. The maximum absolute atomic E-state index is 10.4. The number of carbonyl (C=O) groups excluding carboxylic acids is 1. The Hall–Kier alpha value is -0.770. The molecule has 4 heteroatoms. The van der Waals surface area contributed by atoms with Crippen LogP contribution in [0.2, 0.25) is 0 Å². The minimum Gasteiger partial charge on any atom is -0.352 e. The Balaban J connectivity index is 3.71. The largest absolute Gasteiger partial charge is 0.352 e. The molecule has 0 saturated carbocycles. The van der Waals surface area contributed by atoms with Gasteiger partial charge in [-0.15, -0.1) is 0 Å². The second kappa shape index (κ2) is 4.11. The Morgan fingerprint density at radius 3 is 2.30 bits per heavy atom. The summed E-state index contributed by atoms with van der Waals surface area (Å²) in [6, 6.07) is -0.472.